The number of nitrogens with zero attached hydrogens (tertiary/aromatic N) is 1. The smallest absolute Gasteiger partial charge is 0.411 e. The Morgan fingerprint density at radius 2 is 1.86 bits per heavy atom. The topological polar surface area (TPSA) is 117 Å². The third-order valence-electron chi connectivity index (χ3n) is 5.24. The molecule has 0 aromatic heterocycles. The zero-order valence-corrected chi connectivity index (χ0v) is 21.2. The van der Waals surface area contributed by atoms with Crippen molar-refractivity contribution in [3.05, 3.63) is 63.6 Å². The summed E-state index contributed by atoms with van der Waals surface area (Å²) in [6.45, 7) is 2.05. The lowest BCUT2D eigenvalue weighted by atomic mass is 10.0. The number of halogens is 2. The van der Waals surface area contributed by atoms with Crippen molar-refractivity contribution in [1.82, 2.24) is 15.7 Å². The minimum Gasteiger partial charge on any atom is -0.489 e. The Hall–Kier alpha value is -2.66. The zero-order chi connectivity index (χ0) is 25.4. The highest BCUT2D eigenvalue weighted by Gasteiger charge is 2.37. The summed E-state index contributed by atoms with van der Waals surface area (Å²) in [5.41, 5.74) is 2.97. The molecule has 0 radical (unpaired) electrons. The maximum absolute atomic E-state index is 12.8. The molecule has 1 fully saturated rings. The molecule has 9 nitrogen and oxygen atoms in total. The van der Waals surface area contributed by atoms with Gasteiger partial charge in [0, 0.05) is 27.8 Å². The number of amides is 3. The Labute approximate surface area is 217 Å². The predicted octanol–water partition coefficient (Wildman–Crippen LogP) is 3.64. The van der Waals surface area contributed by atoms with Crippen LogP contribution < -0.4 is 15.5 Å². The summed E-state index contributed by atoms with van der Waals surface area (Å²) in [5, 5.41) is 12.8. The molecule has 0 spiro atoms. The van der Waals surface area contributed by atoms with E-state index in [1.807, 2.05) is 0 Å². The second kappa shape index (κ2) is 12.9. The zero-order valence-electron chi connectivity index (χ0n) is 18.8. The largest absolute Gasteiger partial charge is 0.489 e. The summed E-state index contributed by atoms with van der Waals surface area (Å²) in [6, 6.07) is 10.3. The van der Waals surface area contributed by atoms with Gasteiger partial charge in [0.15, 0.2) is 0 Å². The SMILES string of the molecule is CCOC(=O)N1CSCC1C(=O)NC(Cc1ccc(OCc2c(Cl)cccc2Cl)cc1)C(=O)NO. The molecule has 0 saturated carbocycles. The molecule has 3 amide bonds. The van der Waals surface area contributed by atoms with E-state index in [9.17, 15) is 14.4 Å². The molecule has 0 aliphatic carbocycles. The molecule has 3 rings (SSSR count). The van der Waals surface area contributed by atoms with E-state index in [0.717, 1.165) is 0 Å². The van der Waals surface area contributed by atoms with Crippen molar-refractivity contribution in [2.75, 3.05) is 18.2 Å². The standard InChI is InChI=1S/C23H25Cl2N3O6S/c1-2-33-23(31)28-13-35-12-20(28)22(30)26-19(21(29)27-32)10-14-6-8-15(9-7-14)34-11-16-17(24)4-3-5-18(16)25/h3-9,19-20,32H,2,10-13H2,1H3,(H,26,30)(H,27,29). The van der Waals surface area contributed by atoms with Gasteiger partial charge < -0.3 is 14.8 Å². The Morgan fingerprint density at radius 3 is 2.49 bits per heavy atom. The number of carbonyl (C=O) groups is 3. The maximum atomic E-state index is 12.8. The lowest BCUT2D eigenvalue weighted by Crippen LogP contribution is -2.54. The normalized spacial score (nSPS) is 15.9. The molecule has 188 valence electrons. The van der Waals surface area contributed by atoms with Crippen LogP contribution in [0, 0.1) is 0 Å². The highest BCUT2D eigenvalue weighted by atomic mass is 35.5. The summed E-state index contributed by atoms with van der Waals surface area (Å²) in [4.78, 5) is 38.5. The van der Waals surface area contributed by atoms with Crippen molar-refractivity contribution >= 4 is 52.9 Å². The van der Waals surface area contributed by atoms with Gasteiger partial charge in [-0.05, 0) is 36.8 Å². The summed E-state index contributed by atoms with van der Waals surface area (Å²) >= 11 is 13.7. The molecule has 3 N–H and O–H groups in total. The lowest BCUT2D eigenvalue weighted by molar-refractivity contribution is -0.135. The minimum atomic E-state index is -1.06. The number of rotatable bonds is 9. The third-order valence-corrected chi connectivity index (χ3v) is 6.96. The van der Waals surface area contributed by atoms with Crippen LogP contribution in [0.2, 0.25) is 10.0 Å². The Bertz CT molecular complexity index is 1040. The van der Waals surface area contributed by atoms with Crippen molar-refractivity contribution in [3.8, 4) is 5.75 Å². The van der Waals surface area contributed by atoms with E-state index >= 15 is 0 Å². The van der Waals surface area contributed by atoms with Gasteiger partial charge in [-0.2, -0.15) is 0 Å². The molecule has 2 aromatic rings. The van der Waals surface area contributed by atoms with E-state index in [2.05, 4.69) is 5.32 Å². The van der Waals surface area contributed by atoms with Gasteiger partial charge in [0.25, 0.3) is 5.91 Å². The van der Waals surface area contributed by atoms with Gasteiger partial charge in [-0.15, -0.1) is 11.8 Å². The van der Waals surface area contributed by atoms with Crippen LogP contribution in [-0.2, 0) is 27.4 Å². The first kappa shape index (κ1) is 26.9. The van der Waals surface area contributed by atoms with E-state index in [1.54, 1.807) is 54.9 Å². The maximum Gasteiger partial charge on any atom is 0.411 e. The van der Waals surface area contributed by atoms with Crippen molar-refractivity contribution in [1.29, 1.82) is 0 Å². The van der Waals surface area contributed by atoms with Crippen molar-refractivity contribution in [2.45, 2.75) is 32.0 Å². The van der Waals surface area contributed by atoms with Gasteiger partial charge in [0.2, 0.25) is 5.91 Å². The van der Waals surface area contributed by atoms with Crippen LogP contribution in [0.4, 0.5) is 4.79 Å². The molecule has 1 aliphatic rings. The highest BCUT2D eigenvalue weighted by molar-refractivity contribution is 7.99. The molecule has 2 unspecified atom stereocenters. The van der Waals surface area contributed by atoms with Crippen LogP contribution in [0.1, 0.15) is 18.1 Å². The number of nitrogens with one attached hydrogen (secondary N) is 2. The number of thioether (sulfide) groups is 1. The molecule has 1 heterocycles. The number of hydroxylamine groups is 1. The molecule has 1 saturated heterocycles. The minimum absolute atomic E-state index is 0.105. The third kappa shape index (κ3) is 7.17. The first-order valence-corrected chi connectivity index (χ1v) is 12.6. The van der Waals surface area contributed by atoms with Crippen LogP contribution in [-0.4, -0.2) is 58.3 Å². The average Bonchev–Trinajstić information content (AvgIpc) is 3.34. The summed E-state index contributed by atoms with van der Waals surface area (Å²) in [7, 11) is 0. The van der Waals surface area contributed by atoms with E-state index in [4.69, 9.17) is 37.9 Å². The average molecular weight is 542 g/mol. The number of benzene rings is 2. The summed E-state index contributed by atoms with van der Waals surface area (Å²) in [5.74, 6) is -0.0348. The first-order valence-electron chi connectivity index (χ1n) is 10.7. The Kier molecular flexibility index (Phi) is 9.91. The lowest BCUT2D eigenvalue weighted by Gasteiger charge is -2.24. The fourth-order valence-electron chi connectivity index (χ4n) is 3.38. The first-order chi connectivity index (χ1) is 16.8. The van der Waals surface area contributed by atoms with Crippen molar-refractivity contribution in [3.63, 3.8) is 0 Å². The fraction of sp³-hybridized carbons (Fsp3) is 0.348. The van der Waals surface area contributed by atoms with Gasteiger partial charge in [-0.3, -0.25) is 19.7 Å². The fourth-order valence-corrected chi connectivity index (χ4v) is 5.03. The second-order valence-electron chi connectivity index (χ2n) is 7.56. The quantitative estimate of drug-likeness (QED) is 0.327. The van der Waals surface area contributed by atoms with Crippen LogP contribution in [0.5, 0.6) is 5.75 Å². The summed E-state index contributed by atoms with van der Waals surface area (Å²) < 4.78 is 10.8. The molecule has 1 aliphatic heterocycles. The van der Waals surface area contributed by atoms with Crippen molar-refractivity contribution in [2.24, 2.45) is 0 Å². The molecule has 2 atom stereocenters. The van der Waals surface area contributed by atoms with E-state index in [-0.39, 0.29) is 19.6 Å². The number of carbonyl (C=O) groups excluding carboxylic acids is 3. The Balaban J connectivity index is 1.62. The van der Waals surface area contributed by atoms with Crippen molar-refractivity contribution < 1.29 is 29.1 Å². The van der Waals surface area contributed by atoms with Crippen LogP contribution in [0.15, 0.2) is 42.5 Å². The molecule has 35 heavy (non-hydrogen) atoms. The van der Waals surface area contributed by atoms with Crippen LogP contribution >= 0.6 is 35.0 Å². The second-order valence-corrected chi connectivity index (χ2v) is 9.37. The number of hydrogen-bond acceptors (Lipinski definition) is 7. The molecular formula is C23H25Cl2N3O6S. The monoisotopic (exact) mass is 541 g/mol. The van der Waals surface area contributed by atoms with E-state index in [1.165, 1.54) is 16.7 Å². The molecule has 2 aromatic carbocycles. The van der Waals surface area contributed by atoms with Gasteiger partial charge in [0.05, 0.1) is 12.5 Å². The molecular weight excluding hydrogens is 517 g/mol. The highest BCUT2D eigenvalue weighted by Crippen LogP contribution is 2.26. The molecule has 0 bridgehead atoms. The van der Waals surface area contributed by atoms with Gasteiger partial charge in [0.1, 0.15) is 24.4 Å². The van der Waals surface area contributed by atoms with Gasteiger partial charge >= 0.3 is 6.09 Å². The number of ether oxygens (including phenoxy) is 2. The predicted molar refractivity (Wildman–Crippen MR) is 133 cm³/mol. The van der Waals surface area contributed by atoms with Gasteiger partial charge in [-0.25, -0.2) is 10.3 Å². The number of hydrogen-bond donors (Lipinski definition) is 3. The summed E-state index contributed by atoms with van der Waals surface area (Å²) in [6.07, 6.45) is -0.483. The Morgan fingerprint density at radius 1 is 1.17 bits per heavy atom. The van der Waals surface area contributed by atoms with E-state index < -0.39 is 30.0 Å². The van der Waals surface area contributed by atoms with Gasteiger partial charge in [-0.1, -0.05) is 41.4 Å². The van der Waals surface area contributed by atoms with E-state index in [0.29, 0.717) is 38.6 Å². The molecule has 12 heteroatoms. The van der Waals surface area contributed by atoms with Crippen LogP contribution in [0.3, 0.4) is 0 Å². The van der Waals surface area contributed by atoms with Crippen LogP contribution in [0.25, 0.3) is 0 Å².